The Morgan fingerprint density at radius 1 is 1.04 bits per heavy atom. The van der Waals surface area contributed by atoms with Crippen LogP contribution in [-0.2, 0) is 14.3 Å². The molecule has 1 aliphatic rings. The highest BCUT2D eigenvalue weighted by Gasteiger charge is 2.29. The van der Waals surface area contributed by atoms with Gasteiger partial charge in [0.05, 0.1) is 6.61 Å². The fourth-order valence-corrected chi connectivity index (χ4v) is 3.35. The number of rotatable bonds is 8. The van der Waals surface area contributed by atoms with Crippen molar-refractivity contribution < 1.29 is 19.1 Å². The highest BCUT2D eigenvalue weighted by Crippen LogP contribution is 2.44. The van der Waals surface area contributed by atoms with Crippen LogP contribution in [0.5, 0.6) is 0 Å². The SMILES string of the molecule is CCCCOC(=O)C(N)CNC(=O)OCC1c2ccccc2-c2ccccc21. The number of fused-ring (bicyclic) bond motifs is 3. The first-order valence-corrected chi connectivity index (χ1v) is 9.63. The number of unbranched alkanes of at least 4 members (excludes halogenated alkanes) is 1. The number of carbonyl (C=O) groups is 2. The lowest BCUT2D eigenvalue weighted by atomic mass is 9.98. The van der Waals surface area contributed by atoms with Gasteiger partial charge in [-0.3, -0.25) is 4.79 Å². The van der Waals surface area contributed by atoms with Crippen LogP contribution in [-0.4, -0.2) is 37.9 Å². The highest BCUT2D eigenvalue weighted by atomic mass is 16.5. The molecule has 0 aliphatic heterocycles. The molecule has 0 fully saturated rings. The Bertz CT molecular complexity index is 791. The summed E-state index contributed by atoms with van der Waals surface area (Å²) in [5.41, 5.74) is 10.4. The number of esters is 1. The van der Waals surface area contributed by atoms with E-state index in [4.69, 9.17) is 15.2 Å². The molecule has 0 radical (unpaired) electrons. The van der Waals surface area contributed by atoms with Crippen molar-refractivity contribution in [2.75, 3.05) is 19.8 Å². The molecule has 1 atom stereocenters. The Labute approximate surface area is 165 Å². The zero-order valence-corrected chi connectivity index (χ0v) is 16.0. The fourth-order valence-electron chi connectivity index (χ4n) is 3.35. The highest BCUT2D eigenvalue weighted by molar-refractivity contribution is 5.79. The summed E-state index contributed by atoms with van der Waals surface area (Å²) in [6.07, 6.45) is 1.12. The molecule has 0 bridgehead atoms. The van der Waals surface area contributed by atoms with Crippen molar-refractivity contribution in [1.82, 2.24) is 5.32 Å². The molecule has 2 aromatic rings. The molecule has 0 aromatic heterocycles. The van der Waals surface area contributed by atoms with Crippen molar-refractivity contribution in [2.24, 2.45) is 5.73 Å². The zero-order chi connectivity index (χ0) is 19.9. The van der Waals surface area contributed by atoms with Gasteiger partial charge in [0.25, 0.3) is 0 Å². The van der Waals surface area contributed by atoms with Gasteiger partial charge in [-0.2, -0.15) is 0 Å². The first kappa shape index (κ1) is 19.9. The molecule has 1 unspecified atom stereocenters. The van der Waals surface area contributed by atoms with E-state index >= 15 is 0 Å². The third kappa shape index (κ3) is 4.51. The number of hydrogen-bond donors (Lipinski definition) is 2. The maximum absolute atomic E-state index is 12.1. The topological polar surface area (TPSA) is 90.6 Å². The number of benzene rings is 2. The Kier molecular flexibility index (Phi) is 6.66. The number of alkyl carbamates (subject to hydrolysis) is 1. The van der Waals surface area contributed by atoms with Crippen LogP contribution in [0.2, 0.25) is 0 Å². The lowest BCUT2D eigenvalue weighted by molar-refractivity contribution is -0.145. The molecule has 3 rings (SSSR count). The van der Waals surface area contributed by atoms with Gasteiger partial charge in [-0.25, -0.2) is 4.79 Å². The summed E-state index contributed by atoms with van der Waals surface area (Å²) in [4.78, 5) is 23.8. The molecule has 3 N–H and O–H groups in total. The number of carbonyl (C=O) groups excluding carboxylic acids is 2. The largest absolute Gasteiger partial charge is 0.464 e. The summed E-state index contributed by atoms with van der Waals surface area (Å²) >= 11 is 0. The maximum Gasteiger partial charge on any atom is 0.407 e. The second-order valence-corrected chi connectivity index (χ2v) is 6.83. The van der Waals surface area contributed by atoms with Crippen LogP contribution < -0.4 is 11.1 Å². The van der Waals surface area contributed by atoms with Crippen LogP contribution >= 0.6 is 0 Å². The van der Waals surface area contributed by atoms with Crippen LogP contribution in [0.1, 0.15) is 36.8 Å². The maximum atomic E-state index is 12.1. The lowest BCUT2D eigenvalue weighted by Crippen LogP contribution is -2.43. The average molecular weight is 382 g/mol. The summed E-state index contributed by atoms with van der Waals surface area (Å²) in [5.74, 6) is -0.529. The molecule has 2 aromatic carbocycles. The molecule has 6 heteroatoms. The second kappa shape index (κ2) is 9.37. The summed E-state index contributed by atoms with van der Waals surface area (Å²) in [7, 11) is 0. The second-order valence-electron chi connectivity index (χ2n) is 6.83. The number of ether oxygens (including phenoxy) is 2. The molecule has 0 saturated carbocycles. The van der Waals surface area contributed by atoms with E-state index in [1.165, 1.54) is 11.1 Å². The number of nitrogens with two attached hydrogens (primary N) is 1. The Morgan fingerprint density at radius 2 is 1.64 bits per heavy atom. The fraction of sp³-hybridized carbons (Fsp3) is 0.364. The molecule has 148 valence electrons. The van der Waals surface area contributed by atoms with Gasteiger partial charge >= 0.3 is 12.1 Å². The van der Waals surface area contributed by atoms with Gasteiger partial charge in [-0.15, -0.1) is 0 Å². The Morgan fingerprint density at radius 3 is 2.25 bits per heavy atom. The normalized spacial score (nSPS) is 13.4. The van der Waals surface area contributed by atoms with E-state index in [-0.39, 0.29) is 19.1 Å². The van der Waals surface area contributed by atoms with Crippen LogP contribution in [0.3, 0.4) is 0 Å². The van der Waals surface area contributed by atoms with E-state index < -0.39 is 18.1 Å². The zero-order valence-electron chi connectivity index (χ0n) is 16.0. The van der Waals surface area contributed by atoms with E-state index in [0.29, 0.717) is 6.61 Å². The predicted octanol–water partition coefficient (Wildman–Crippen LogP) is 3.20. The number of nitrogens with one attached hydrogen (secondary N) is 1. The van der Waals surface area contributed by atoms with Gasteiger partial charge in [0.15, 0.2) is 0 Å². The minimum atomic E-state index is -0.905. The Hall–Kier alpha value is -2.86. The van der Waals surface area contributed by atoms with Crippen LogP contribution in [0.15, 0.2) is 48.5 Å². The summed E-state index contributed by atoms with van der Waals surface area (Å²) in [6.45, 7) is 2.54. The van der Waals surface area contributed by atoms with Gasteiger partial charge in [0.1, 0.15) is 12.6 Å². The van der Waals surface area contributed by atoms with Gasteiger partial charge in [-0.1, -0.05) is 61.9 Å². The minimum absolute atomic E-state index is 0.00849. The quantitative estimate of drug-likeness (QED) is 0.540. The Balaban J connectivity index is 1.52. The van der Waals surface area contributed by atoms with Crippen molar-refractivity contribution >= 4 is 12.1 Å². The third-order valence-corrected chi connectivity index (χ3v) is 4.85. The van der Waals surface area contributed by atoms with Crippen molar-refractivity contribution in [3.05, 3.63) is 59.7 Å². The average Bonchev–Trinajstić information content (AvgIpc) is 3.04. The van der Waals surface area contributed by atoms with E-state index in [0.717, 1.165) is 24.0 Å². The van der Waals surface area contributed by atoms with Gasteiger partial charge in [0, 0.05) is 12.5 Å². The van der Waals surface area contributed by atoms with Crippen molar-refractivity contribution in [1.29, 1.82) is 0 Å². The smallest absolute Gasteiger partial charge is 0.407 e. The molecular weight excluding hydrogens is 356 g/mol. The predicted molar refractivity (Wildman–Crippen MR) is 107 cm³/mol. The van der Waals surface area contributed by atoms with Gasteiger partial charge < -0.3 is 20.5 Å². The van der Waals surface area contributed by atoms with E-state index in [1.54, 1.807) is 0 Å². The number of hydrogen-bond acceptors (Lipinski definition) is 5. The summed E-state index contributed by atoms with van der Waals surface area (Å²) in [5, 5.41) is 2.54. The van der Waals surface area contributed by atoms with Crippen molar-refractivity contribution in [2.45, 2.75) is 31.7 Å². The standard InChI is InChI=1S/C22H26N2O4/c1-2-3-12-27-21(25)20(23)13-24-22(26)28-14-19-17-10-6-4-8-15(17)16-9-5-7-11-18(16)19/h4-11,19-20H,2-3,12-14,23H2,1H3,(H,24,26). The molecule has 6 nitrogen and oxygen atoms in total. The van der Waals surface area contributed by atoms with Gasteiger partial charge in [-0.05, 0) is 28.7 Å². The molecule has 1 aliphatic carbocycles. The molecule has 28 heavy (non-hydrogen) atoms. The number of amides is 1. The summed E-state index contributed by atoms with van der Waals surface area (Å²) < 4.78 is 10.5. The first-order valence-electron chi connectivity index (χ1n) is 9.63. The molecule has 0 spiro atoms. The minimum Gasteiger partial charge on any atom is -0.464 e. The van der Waals surface area contributed by atoms with E-state index in [2.05, 4.69) is 29.6 Å². The molecule has 0 saturated heterocycles. The molecular formula is C22H26N2O4. The van der Waals surface area contributed by atoms with E-state index in [9.17, 15) is 9.59 Å². The molecule has 1 amide bonds. The van der Waals surface area contributed by atoms with Crippen molar-refractivity contribution in [3.63, 3.8) is 0 Å². The van der Waals surface area contributed by atoms with E-state index in [1.807, 2.05) is 31.2 Å². The third-order valence-electron chi connectivity index (χ3n) is 4.85. The molecule has 0 heterocycles. The lowest BCUT2D eigenvalue weighted by Gasteiger charge is -2.16. The van der Waals surface area contributed by atoms with Crippen LogP contribution in [0.4, 0.5) is 4.79 Å². The van der Waals surface area contributed by atoms with Crippen LogP contribution in [0.25, 0.3) is 11.1 Å². The summed E-state index contributed by atoms with van der Waals surface area (Å²) in [6, 6.07) is 15.4. The van der Waals surface area contributed by atoms with Crippen LogP contribution in [0, 0.1) is 0 Å². The van der Waals surface area contributed by atoms with Crippen molar-refractivity contribution in [3.8, 4) is 11.1 Å². The van der Waals surface area contributed by atoms with Gasteiger partial charge in [0.2, 0.25) is 0 Å². The first-order chi connectivity index (χ1) is 13.6. The monoisotopic (exact) mass is 382 g/mol.